The van der Waals surface area contributed by atoms with Crippen molar-refractivity contribution in [1.82, 2.24) is 9.34 Å². The molecule has 0 bridgehead atoms. The van der Waals surface area contributed by atoms with E-state index in [1.807, 2.05) is 6.42 Å². The van der Waals surface area contributed by atoms with Crippen LogP contribution < -0.4 is 0 Å². The Morgan fingerprint density at radius 1 is 0.966 bits per heavy atom. The summed E-state index contributed by atoms with van der Waals surface area (Å²) in [7, 11) is 7.24. The fraction of sp³-hybridized carbons (Fsp3) is 0.562. The molecule has 0 heterocycles. The van der Waals surface area contributed by atoms with Crippen LogP contribution in [0.4, 0.5) is 0 Å². The Hall–Kier alpha value is 0.0895. The third kappa shape index (κ3) is 14.7. The molecule has 0 saturated heterocycles. The van der Waals surface area contributed by atoms with Crippen molar-refractivity contribution < 1.29 is 53.8 Å². The second-order valence-corrected chi connectivity index (χ2v) is 9.28. The Kier molecular flexibility index (Phi) is 28.6. The summed E-state index contributed by atoms with van der Waals surface area (Å²) in [6.45, 7) is 9.00. The van der Waals surface area contributed by atoms with Crippen molar-refractivity contribution in [2.24, 2.45) is 0 Å². The summed E-state index contributed by atoms with van der Waals surface area (Å²) in [4.78, 5) is 10.9. The van der Waals surface area contributed by atoms with E-state index in [9.17, 15) is 9.36 Å². The number of hydrogen-bond donors (Lipinski definition) is 0. The van der Waals surface area contributed by atoms with Crippen LogP contribution in [-0.4, -0.2) is 65.1 Å². The van der Waals surface area contributed by atoms with Gasteiger partial charge in [0.05, 0.1) is 5.92 Å². The quantitative estimate of drug-likeness (QED) is 0.166. The van der Waals surface area contributed by atoms with Crippen LogP contribution in [0.1, 0.15) is 12.8 Å². The topological polar surface area (TPSA) is 117 Å². The molecule has 13 heteroatoms. The van der Waals surface area contributed by atoms with Crippen molar-refractivity contribution in [3.63, 3.8) is 0 Å². The van der Waals surface area contributed by atoms with Gasteiger partial charge in [-0.1, -0.05) is 0 Å². The van der Waals surface area contributed by atoms with Gasteiger partial charge in [0, 0.05) is 38.4 Å². The number of carbonyl (C=O) groups excluding carboxylic acids is 1. The van der Waals surface area contributed by atoms with Gasteiger partial charge in [-0.3, -0.25) is 9.09 Å². The van der Waals surface area contributed by atoms with Gasteiger partial charge in [0.1, 0.15) is 12.4 Å². The summed E-state index contributed by atoms with van der Waals surface area (Å²) >= 11 is 0. The molecule has 0 spiro atoms. The maximum Gasteiger partial charge on any atom is 0 e. The van der Waals surface area contributed by atoms with Crippen LogP contribution in [-0.2, 0) is 53.8 Å². The molecule has 0 atom stereocenters. The molecule has 10 nitrogen and oxygen atoms in total. The third-order valence-corrected chi connectivity index (χ3v) is 6.30. The second kappa shape index (κ2) is 22.8. The monoisotopic (exact) mass is 494 g/mol. The molecule has 0 amide bonds. The van der Waals surface area contributed by atoms with Crippen LogP contribution in [0.25, 0.3) is 0 Å². The first-order chi connectivity index (χ1) is 13.3. The van der Waals surface area contributed by atoms with Gasteiger partial charge in [-0.25, -0.2) is 9.34 Å². The summed E-state index contributed by atoms with van der Waals surface area (Å²) in [5, 5.41) is 0. The summed E-state index contributed by atoms with van der Waals surface area (Å²) in [5.74, 6) is 0.472. The third-order valence-electron chi connectivity index (χ3n) is 2.95. The van der Waals surface area contributed by atoms with Crippen LogP contribution in [0.3, 0.4) is 0 Å². The molecule has 1 rings (SSSR count). The van der Waals surface area contributed by atoms with Gasteiger partial charge in [0.2, 0.25) is 0 Å². The van der Waals surface area contributed by atoms with E-state index in [0.717, 1.165) is 19.1 Å². The minimum atomic E-state index is -3.08. The minimum absolute atomic E-state index is 0. The number of hydrogen-bond acceptors (Lipinski definition) is 6. The van der Waals surface area contributed by atoms with Gasteiger partial charge in [-0.2, -0.15) is 0 Å². The van der Waals surface area contributed by atoms with Crippen molar-refractivity contribution in [2.75, 3.05) is 49.5 Å². The van der Waals surface area contributed by atoms with Gasteiger partial charge >= 0.3 is 38.9 Å². The largest absolute Gasteiger partial charge is 0 e. The van der Waals surface area contributed by atoms with Crippen molar-refractivity contribution in [1.29, 1.82) is 0 Å². The van der Waals surface area contributed by atoms with Crippen molar-refractivity contribution in [2.45, 2.75) is 12.8 Å². The zero-order chi connectivity index (χ0) is 22.8. The molecule has 0 aromatic carbocycles. The number of carbonyl (C=O) groups is 1. The molecule has 1 aliphatic carbocycles. The summed E-state index contributed by atoms with van der Waals surface area (Å²) in [5.41, 5.74) is 0. The average Bonchev–Trinajstić information content (AvgIpc) is 2.72. The predicted molar refractivity (Wildman–Crippen MR) is 102 cm³/mol. The molecular formula is C16H28FeN2O8P2. The first kappa shape index (κ1) is 36.5. The van der Waals surface area contributed by atoms with Crippen molar-refractivity contribution in [3.05, 3.63) is 38.2 Å². The zero-order valence-electron chi connectivity index (χ0n) is 17.6. The Balaban J connectivity index is -0.000000220. The SMILES string of the molecule is CN(C)P(=O)(O[C]1[CH]CC[CH][C]1C=O)N(C)C.COP(OC)OC.[C-]#[O+].[C-]#[O+].[Fe]. The maximum atomic E-state index is 12.6. The molecule has 1 aliphatic rings. The standard InChI is InChI=1S/C11H19N2O3P.C3H9O3P.2CO.Fe/c1-12(2)17(15,13(3)4)16-11-8-6-5-7-10(11)9-14;1-4-7(5-2)6-3;2*1-2;/h7-9H,5-6H2,1-4H3;1-3H3;;;. The van der Waals surface area contributed by atoms with Gasteiger partial charge in [-0.15, -0.1) is 0 Å². The fourth-order valence-electron chi connectivity index (χ4n) is 1.74. The first-order valence-electron chi connectivity index (χ1n) is 7.61. The smallest absolute Gasteiger partial charge is 0 e. The first-order valence-corrected chi connectivity index (χ1v) is 10.2. The second-order valence-electron chi connectivity index (χ2n) is 4.97. The van der Waals surface area contributed by atoms with E-state index in [2.05, 4.69) is 26.9 Å². The van der Waals surface area contributed by atoms with Crippen LogP contribution in [0.5, 0.6) is 0 Å². The van der Waals surface area contributed by atoms with Gasteiger partial charge < -0.3 is 18.4 Å². The van der Waals surface area contributed by atoms with Crippen LogP contribution >= 0.6 is 16.3 Å². The predicted octanol–water partition coefficient (Wildman–Crippen LogP) is 2.82. The summed E-state index contributed by atoms with van der Waals surface area (Å²) in [6, 6.07) is 0. The number of rotatable bonds is 8. The molecule has 168 valence electrons. The normalized spacial score (nSPS) is 14.4. The van der Waals surface area contributed by atoms with E-state index >= 15 is 0 Å². The Morgan fingerprint density at radius 3 is 1.62 bits per heavy atom. The van der Waals surface area contributed by atoms with Crippen LogP contribution in [0.2, 0.25) is 0 Å². The van der Waals surface area contributed by atoms with Crippen molar-refractivity contribution in [3.8, 4) is 0 Å². The molecule has 0 aliphatic heterocycles. The van der Waals surface area contributed by atoms with E-state index < -0.39 is 16.3 Å². The fourth-order valence-corrected chi connectivity index (χ4v) is 3.67. The van der Waals surface area contributed by atoms with Crippen LogP contribution in [0, 0.1) is 38.2 Å². The molecule has 0 aromatic heterocycles. The molecule has 0 unspecified atom stereocenters. The minimum Gasteiger partial charge on any atom is 0 e. The van der Waals surface area contributed by atoms with E-state index in [-0.39, 0.29) is 17.1 Å². The van der Waals surface area contributed by atoms with Crippen molar-refractivity contribution >= 4 is 22.6 Å². The zero-order valence-corrected chi connectivity index (χ0v) is 20.4. The van der Waals surface area contributed by atoms with E-state index in [4.69, 9.17) is 13.8 Å². The Labute approximate surface area is 186 Å². The number of aldehydes is 1. The average molecular weight is 494 g/mol. The molecule has 0 N–H and O–H groups in total. The number of nitrogens with zero attached hydrogens (tertiary/aromatic N) is 2. The Bertz CT molecular complexity index is 453. The molecular weight excluding hydrogens is 466 g/mol. The summed E-state index contributed by atoms with van der Waals surface area (Å²) < 4.78 is 50.2. The molecule has 4 radical (unpaired) electrons. The summed E-state index contributed by atoms with van der Waals surface area (Å²) in [6.07, 6.45) is 6.38. The molecule has 0 aromatic rings. The molecule has 29 heavy (non-hydrogen) atoms. The van der Waals surface area contributed by atoms with Crippen LogP contribution in [0.15, 0.2) is 0 Å². The maximum absolute atomic E-state index is 12.6. The van der Waals surface area contributed by atoms with E-state index in [1.165, 1.54) is 9.34 Å². The molecule has 1 fully saturated rings. The van der Waals surface area contributed by atoms with Gasteiger partial charge in [0.15, 0.2) is 0 Å². The van der Waals surface area contributed by atoms with Gasteiger partial charge in [0.25, 0.3) is 0 Å². The van der Waals surface area contributed by atoms with Gasteiger partial charge in [-0.05, 0) is 53.9 Å². The molecule has 1 saturated carbocycles. The Morgan fingerprint density at radius 2 is 1.34 bits per heavy atom. The van der Waals surface area contributed by atoms with E-state index in [1.54, 1.807) is 55.9 Å². The van der Waals surface area contributed by atoms with E-state index in [0.29, 0.717) is 12.0 Å².